The molecule has 5 aliphatic heterocycles. The predicted octanol–water partition coefficient (Wildman–Crippen LogP) is 11.8. The zero-order chi connectivity index (χ0) is 21.7. The first kappa shape index (κ1) is 25.2. The van der Waals surface area contributed by atoms with Crippen LogP contribution in [0.4, 0.5) is 0 Å². The number of thioether (sulfide) groups is 12. The standard InChI is InChI=1S/C20H20S12/c1-3-21-11-12(22-4-2)26-15(25-11)16-29-19-20(30-16)32-18(31-19)17-27-13-14(28-17)24-10-8-6-5-7-9(10)23-13/h9-10H,3-8H2,1-2H3. The lowest BCUT2D eigenvalue weighted by atomic mass is 10.00. The Kier molecular flexibility index (Phi) is 8.92. The van der Waals surface area contributed by atoms with Crippen molar-refractivity contribution in [3.63, 3.8) is 0 Å². The molecule has 1 saturated carbocycles. The van der Waals surface area contributed by atoms with Gasteiger partial charge in [0.1, 0.15) is 0 Å². The molecule has 0 saturated heterocycles. The Morgan fingerprint density at radius 1 is 0.531 bits per heavy atom. The lowest BCUT2D eigenvalue weighted by molar-refractivity contribution is 0.528. The van der Waals surface area contributed by atoms with Gasteiger partial charge >= 0.3 is 0 Å². The van der Waals surface area contributed by atoms with Crippen molar-refractivity contribution in [2.45, 2.75) is 50.0 Å². The van der Waals surface area contributed by atoms with Crippen LogP contribution in [-0.2, 0) is 0 Å². The van der Waals surface area contributed by atoms with Crippen LogP contribution in [0.2, 0.25) is 0 Å². The average molecular weight is 645 g/mol. The smallest absolute Gasteiger partial charge is 0.0718 e. The zero-order valence-corrected chi connectivity index (χ0v) is 27.1. The van der Waals surface area contributed by atoms with Crippen molar-refractivity contribution >= 4 is 141 Å². The second-order valence-electron chi connectivity index (χ2n) is 7.15. The molecule has 6 rings (SSSR count). The molecule has 0 aromatic heterocycles. The minimum absolute atomic E-state index is 0.860. The van der Waals surface area contributed by atoms with E-state index >= 15 is 0 Å². The van der Waals surface area contributed by atoms with Gasteiger partial charge in [-0.1, -0.05) is 121 Å². The number of hydrogen-bond donors (Lipinski definition) is 0. The summed E-state index contributed by atoms with van der Waals surface area (Å²) < 4.78 is 15.4. The number of fused-ring (bicyclic) bond motifs is 1. The van der Waals surface area contributed by atoms with Gasteiger partial charge in [-0.25, -0.2) is 0 Å². The molecule has 0 bridgehead atoms. The Morgan fingerprint density at radius 3 is 1.25 bits per heavy atom. The van der Waals surface area contributed by atoms with Crippen LogP contribution < -0.4 is 0 Å². The SMILES string of the molecule is CCSC1=C(SCC)SC(=C2SC3=C(S2)SC(=C2SC4=C(S2)SC2CCCCC2S4)S3)S1. The monoisotopic (exact) mass is 644 g/mol. The average Bonchev–Trinajstić information content (AvgIpc) is 3.54. The van der Waals surface area contributed by atoms with Gasteiger partial charge in [-0.2, -0.15) is 0 Å². The molecule has 0 spiro atoms. The van der Waals surface area contributed by atoms with E-state index in [-0.39, 0.29) is 0 Å². The Balaban J connectivity index is 1.10. The minimum Gasteiger partial charge on any atom is -0.118 e. The summed E-state index contributed by atoms with van der Waals surface area (Å²) in [5.41, 5.74) is 0. The van der Waals surface area contributed by atoms with Gasteiger partial charge in [0.25, 0.3) is 0 Å². The molecule has 0 aromatic carbocycles. The van der Waals surface area contributed by atoms with Gasteiger partial charge in [-0.3, -0.25) is 0 Å². The van der Waals surface area contributed by atoms with Crippen molar-refractivity contribution in [1.82, 2.24) is 0 Å². The second-order valence-corrected chi connectivity index (χ2v) is 23.0. The number of hydrogen-bond acceptors (Lipinski definition) is 12. The van der Waals surface area contributed by atoms with Crippen molar-refractivity contribution in [1.29, 1.82) is 0 Å². The molecule has 1 aliphatic carbocycles. The second kappa shape index (κ2) is 11.3. The van der Waals surface area contributed by atoms with Gasteiger partial charge in [0, 0.05) is 10.5 Å². The Labute approximate surface area is 242 Å². The van der Waals surface area contributed by atoms with Crippen molar-refractivity contribution in [3.05, 3.63) is 42.4 Å². The van der Waals surface area contributed by atoms with E-state index in [2.05, 4.69) is 60.9 Å². The van der Waals surface area contributed by atoms with E-state index in [4.69, 9.17) is 0 Å². The lowest BCUT2D eigenvalue weighted by Gasteiger charge is -2.34. The molecule has 0 amide bonds. The normalized spacial score (nSPS) is 30.2. The first-order chi connectivity index (χ1) is 15.7. The zero-order valence-electron chi connectivity index (χ0n) is 17.3. The van der Waals surface area contributed by atoms with Crippen LogP contribution in [0.1, 0.15) is 39.5 Å². The van der Waals surface area contributed by atoms with Crippen molar-refractivity contribution in [2.24, 2.45) is 0 Å². The van der Waals surface area contributed by atoms with Crippen LogP contribution in [0.15, 0.2) is 42.4 Å². The summed E-state index contributed by atoms with van der Waals surface area (Å²) in [6.07, 6.45) is 5.70. The van der Waals surface area contributed by atoms with Gasteiger partial charge in [0.05, 0.1) is 42.4 Å². The molecule has 172 valence electrons. The fourth-order valence-electron chi connectivity index (χ4n) is 3.66. The lowest BCUT2D eigenvalue weighted by Crippen LogP contribution is -2.26. The highest BCUT2D eigenvalue weighted by molar-refractivity contribution is 8.51. The Bertz CT molecular complexity index is 917. The van der Waals surface area contributed by atoms with Crippen LogP contribution in [0, 0.1) is 0 Å². The molecule has 0 nitrogen and oxygen atoms in total. The molecule has 0 radical (unpaired) electrons. The van der Waals surface area contributed by atoms with Gasteiger partial charge < -0.3 is 0 Å². The molecule has 12 heteroatoms. The Morgan fingerprint density at radius 2 is 0.875 bits per heavy atom. The van der Waals surface area contributed by atoms with E-state index < -0.39 is 0 Å². The van der Waals surface area contributed by atoms with E-state index in [9.17, 15) is 0 Å². The van der Waals surface area contributed by atoms with Crippen molar-refractivity contribution in [3.8, 4) is 0 Å². The fourth-order valence-corrected chi connectivity index (χ4v) is 23.2. The maximum absolute atomic E-state index is 2.26. The van der Waals surface area contributed by atoms with Gasteiger partial charge in [0.15, 0.2) is 0 Å². The number of rotatable bonds is 4. The first-order valence-corrected chi connectivity index (χ1v) is 20.7. The molecular weight excluding hydrogens is 625 g/mol. The van der Waals surface area contributed by atoms with Crippen LogP contribution in [0.5, 0.6) is 0 Å². The third-order valence-electron chi connectivity index (χ3n) is 5.03. The van der Waals surface area contributed by atoms with Crippen LogP contribution >= 0.6 is 141 Å². The molecule has 2 unspecified atom stereocenters. The van der Waals surface area contributed by atoms with Gasteiger partial charge in [0.2, 0.25) is 0 Å². The van der Waals surface area contributed by atoms with E-state index in [1.54, 1.807) is 12.7 Å². The molecule has 5 heterocycles. The van der Waals surface area contributed by atoms with Crippen LogP contribution in [0.25, 0.3) is 0 Å². The van der Waals surface area contributed by atoms with Gasteiger partial charge in [-0.05, 0) is 24.3 Å². The van der Waals surface area contributed by atoms with Crippen molar-refractivity contribution < 1.29 is 0 Å². The highest BCUT2D eigenvalue weighted by Gasteiger charge is 2.41. The molecule has 0 N–H and O–H groups in total. The predicted molar refractivity (Wildman–Crippen MR) is 173 cm³/mol. The van der Waals surface area contributed by atoms with Crippen LogP contribution in [-0.4, -0.2) is 22.0 Å². The third kappa shape index (κ3) is 5.24. The summed E-state index contributed by atoms with van der Waals surface area (Å²) in [5, 5.41) is 1.72. The van der Waals surface area contributed by atoms with E-state index in [0.717, 1.165) is 22.0 Å². The fraction of sp³-hybridized carbons (Fsp3) is 0.500. The topological polar surface area (TPSA) is 0 Å². The highest BCUT2D eigenvalue weighted by atomic mass is 32.3. The van der Waals surface area contributed by atoms with Crippen molar-refractivity contribution in [2.75, 3.05) is 11.5 Å². The van der Waals surface area contributed by atoms with E-state index in [0.29, 0.717) is 0 Å². The third-order valence-corrected chi connectivity index (χ3v) is 23.4. The largest absolute Gasteiger partial charge is 0.118 e. The van der Waals surface area contributed by atoms with Gasteiger partial charge in [-0.15, -0.1) is 47.0 Å². The summed E-state index contributed by atoms with van der Waals surface area (Å²) in [7, 11) is 0. The summed E-state index contributed by atoms with van der Waals surface area (Å²) in [4.78, 5) is 0. The van der Waals surface area contributed by atoms with E-state index in [1.807, 2.05) is 94.1 Å². The Hall–Kier alpha value is 2.90. The summed E-state index contributed by atoms with van der Waals surface area (Å²) >= 11 is 24.7. The van der Waals surface area contributed by atoms with E-state index in [1.165, 1.54) is 55.3 Å². The maximum atomic E-state index is 2.26. The quantitative estimate of drug-likeness (QED) is 0.286. The highest BCUT2D eigenvalue weighted by Crippen LogP contribution is 2.74. The summed E-state index contributed by atoms with van der Waals surface area (Å²) in [6.45, 7) is 4.52. The first-order valence-electron chi connectivity index (χ1n) is 10.4. The maximum Gasteiger partial charge on any atom is 0.0718 e. The molecule has 6 aliphatic rings. The van der Waals surface area contributed by atoms with Crippen LogP contribution in [0.3, 0.4) is 0 Å². The summed E-state index contributed by atoms with van der Waals surface area (Å²) in [6, 6.07) is 0. The molecule has 0 aromatic rings. The molecule has 1 fully saturated rings. The minimum atomic E-state index is 0.860. The molecular formula is C20H20S12. The summed E-state index contributed by atoms with van der Waals surface area (Å²) in [5.74, 6) is 2.31. The molecule has 2 atom stereocenters. The molecule has 32 heavy (non-hydrogen) atoms.